The van der Waals surface area contributed by atoms with Crippen LogP contribution in [0.15, 0.2) is 18.2 Å². The molecule has 0 bridgehead atoms. The number of Topliss-reactive ketones (excluding diaryl/α,β-unsaturated/α-hetero) is 1. The number of benzene rings is 1. The Labute approximate surface area is 144 Å². The number of ketones is 1. The van der Waals surface area contributed by atoms with Crippen LogP contribution < -0.4 is 5.32 Å². The number of amides is 1. The van der Waals surface area contributed by atoms with Gasteiger partial charge < -0.3 is 5.32 Å². The van der Waals surface area contributed by atoms with E-state index in [1.54, 1.807) is 6.07 Å². The van der Waals surface area contributed by atoms with Gasteiger partial charge in [0, 0.05) is 29.0 Å². The maximum absolute atomic E-state index is 11.8. The molecule has 0 fully saturated rings. The van der Waals surface area contributed by atoms with Gasteiger partial charge in [-0.1, -0.05) is 45.7 Å². The van der Waals surface area contributed by atoms with Crippen LogP contribution in [0.3, 0.4) is 0 Å². The summed E-state index contributed by atoms with van der Waals surface area (Å²) in [6, 6.07) is 5.68. The smallest absolute Gasteiger partial charge is 0.226 e. The van der Waals surface area contributed by atoms with Crippen molar-refractivity contribution in [2.24, 2.45) is 11.8 Å². The van der Waals surface area contributed by atoms with Crippen LogP contribution in [-0.2, 0) is 16.0 Å². The summed E-state index contributed by atoms with van der Waals surface area (Å²) >= 11 is 6.13. The molecule has 128 valence electrons. The third-order valence-corrected chi connectivity index (χ3v) is 4.00. The van der Waals surface area contributed by atoms with E-state index in [0.29, 0.717) is 17.2 Å². The van der Waals surface area contributed by atoms with Gasteiger partial charge in [0.15, 0.2) is 0 Å². The number of nitrogens with one attached hydrogen (secondary N) is 1. The van der Waals surface area contributed by atoms with Gasteiger partial charge in [0.1, 0.15) is 5.78 Å². The Morgan fingerprint density at radius 2 is 1.70 bits per heavy atom. The molecule has 1 aromatic carbocycles. The number of anilines is 1. The monoisotopic (exact) mass is 337 g/mol. The number of aryl methyl sites for hydroxylation is 1. The molecule has 0 unspecified atom stereocenters. The minimum atomic E-state index is -0.0593. The van der Waals surface area contributed by atoms with Crippen LogP contribution in [0.4, 0.5) is 5.69 Å². The highest BCUT2D eigenvalue weighted by atomic mass is 35.5. The van der Waals surface area contributed by atoms with Crippen LogP contribution in [0.1, 0.15) is 58.9 Å². The van der Waals surface area contributed by atoms with E-state index in [-0.39, 0.29) is 17.7 Å². The molecule has 4 heteroatoms. The highest BCUT2D eigenvalue weighted by Gasteiger charge is 2.09. The van der Waals surface area contributed by atoms with Crippen molar-refractivity contribution in [2.45, 2.75) is 59.8 Å². The van der Waals surface area contributed by atoms with Crippen LogP contribution >= 0.6 is 11.6 Å². The van der Waals surface area contributed by atoms with Gasteiger partial charge in [-0.05, 0) is 43.0 Å². The van der Waals surface area contributed by atoms with Crippen LogP contribution in [0.2, 0.25) is 5.02 Å². The summed E-state index contributed by atoms with van der Waals surface area (Å²) in [5.74, 6) is 0.405. The fourth-order valence-corrected chi connectivity index (χ4v) is 2.51. The van der Waals surface area contributed by atoms with Crippen LogP contribution in [0.25, 0.3) is 0 Å². The van der Waals surface area contributed by atoms with Gasteiger partial charge in [-0.25, -0.2) is 0 Å². The molecule has 1 amide bonds. The maximum atomic E-state index is 11.8. The number of unbranched alkanes of at least 4 members (excludes halogenated alkanes) is 2. The van der Waals surface area contributed by atoms with Gasteiger partial charge in [-0.15, -0.1) is 0 Å². The summed E-state index contributed by atoms with van der Waals surface area (Å²) in [6.07, 6.45) is 4.56. The van der Waals surface area contributed by atoms with Crippen molar-refractivity contribution < 1.29 is 9.59 Å². The Bertz CT molecular complexity index is 538. The Kier molecular flexibility index (Phi) is 8.32. The summed E-state index contributed by atoms with van der Waals surface area (Å²) in [4.78, 5) is 23.3. The molecule has 0 radical (unpaired) electrons. The first-order valence-corrected chi connectivity index (χ1v) is 8.80. The summed E-state index contributed by atoms with van der Waals surface area (Å²) < 4.78 is 0. The van der Waals surface area contributed by atoms with E-state index in [9.17, 15) is 9.59 Å². The summed E-state index contributed by atoms with van der Waals surface area (Å²) in [6.45, 7) is 7.61. The van der Waals surface area contributed by atoms with E-state index in [0.717, 1.165) is 36.9 Å². The Hall–Kier alpha value is -1.35. The highest BCUT2D eigenvalue weighted by Crippen LogP contribution is 2.21. The van der Waals surface area contributed by atoms with Crippen molar-refractivity contribution in [3.63, 3.8) is 0 Å². The summed E-state index contributed by atoms with van der Waals surface area (Å²) in [5, 5.41) is 3.52. The molecule has 0 aliphatic rings. The topological polar surface area (TPSA) is 46.2 Å². The molecular weight excluding hydrogens is 310 g/mol. The fraction of sp³-hybridized carbons (Fsp3) is 0.579. The van der Waals surface area contributed by atoms with Gasteiger partial charge in [0.25, 0.3) is 0 Å². The molecule has 0 spiro atoms. The summed E-state index contributed by atoms with van der Waals surface area (Å²) in [7, 11) is 0. The van der Waals surface area contributed by atoms with Crippen molar-refractivity contribution in [3.05, 3.63) is 28.8 Å². The number of carbonyl (C=O) groups is 2. The zero-order valence-corrected chi connectivity index (χ0v) is 15.4. The first-order chi connectivity index (χ1) is 10.8. The SMILES string of the molecule is CC(C)C(=O)CCCCCc1cc(Cl)cc(NC(=O)C(C)C)c1. The third-order valence-electron chi connectivity index (χ3n) is 3.78. The van der Waals surface area contributed by atoms with Crippen LogP contribution in [0, 0.1) is 11.8 Å². The van der Waals surface area contributed by atoms with Gasteiger partial charge in [0.2, 0.25) is 5.91 Å². The van der Waals surface area contributed by atoms with Crippen LogP contribution in [-0.4, -0.2) is 11.7 Å². The average molecular weight is 338 g/mol. The van der Waals surface area contributed by atoms with Crippen molar-refractivity contribution in [1.82, 2.24) is 0 Å². The average Bonchev–Trinajstić information content (AvgIpc) is 2.45. The predicted molar refractivity (Wildman–Crippen MR) is 96.9 cm³/mol. The highest BCUT2D eigenvalue weighted by molar-refractivity contribution is 6.31. The van der Waals surface area contributed by atoms with E-state index in [4.69, 9.17) is 11.6 Å². The summed E-state index contributed by atoms with van der Waals surface area (Å²) in [5.41, 5.74) is 1.87. The third kappa shape index (κ3) is 7.65. The molecule has 0 aliphatic heterocycles. The van der Waals surface area contributed by atoms with E-state index < -0.39 is 0 Å². The van der Waals surface area contributed by atoms with Crippen molar-refractivity contribution >= 4 is 29.0 Å². The number of carbonyl (C=O) groups excluding carboxylic acids is 2. The molecule has 0 aromatic heterocycles. The lowest BCUT2D eigenvalue weighted by molar-refractivity contribution is -0.122. The van der Waals surface area contributed by atoms with Gasteiger partial charge in [-0.3, -0.25) is 9.59 Å². The lowest BCUT2D eigenvalue weighted by Crippen LogP contribution is -2.17. The van der Waals surface area contributed by atoms with Crippen molar-refractivity contribution in [1.29, 1.82) is 0 Å². The molecule has 23 heavy (non-hydrogen) atoms. The molecule has 0 saturated carbocycles. The van der Waals surface area contributed by atoms with E-state index in [2.05, 4.69) is 5.32 Å². The predicted octanol–water partition coefficient (Wildman–Crippen LogP) is 5.26. The van der Waals surface area contributed by atoms with E-state index >= 15 is 0 Å². The van der Waals surface area contributed by atoms with Gasteiger partial charge in [-0.2, -0.15) is 0 Å². The molecule has 0 aliphatic carbocycles. The number of rotatable bonds is 9. The number of hydrogen-bond acceptors (Lipinski definition) is 2. The Morgan fingerprint density at radius 1 is 1.00 bits per heavy atom. The minimum Gasteiger partial charge on any atom is -0.326 e. The molecule has 3 nitrogen and oxygen atoms in total. The fourth-order valence-electron chi connectivity index (χ4n) is 2.25. The van der Waals surface area contributed by atoms with E-state index in [1.165, 1.54) is 0 Å². The maximum Gasteiger partial charge on any atom is 0.226 e. The zero-order chi connectivity index (χ0) is 17.4. The Balaban J connectivity index is 2.46. The molecule has 1 N–H and O–H groups in total. The number of hydrogen-bond donors (Lipinski definition) is 1. The van der Waals surface area contributed by atoms with E-state index in [1.807, 2.05) is 39.8 Å². The van der Waals surface area contributed by atoms with Crippen molar-refractivity contribution in [3.8, 4) is 0 Å². The van der Waals surface area contributed by atoms with Gasteiger partial charge >= 0.3 is 0 Å². The van der Waals surface area contributed by atoms with Crippen molar-refractivity contribution in [2.75, 3.05) is 5.32 Å². The zero-order valence-electron chi connectivity index (χ0n) is 14.6. The normalized spacial score (nSPS) is 11.1. The second kappa shape index (κ2) is 9.71. The molecule has 1 aromatic rings. The quantitative estimate of drug-likeness (QED) is 0.624. The van der Waals surface area contributed by atoms with Gasteiger partial charge in [0.05, 0.1) is 0 Å². The van der Waals surface area contributed by atoms with Crippen LogP contribution in [0.5, 0.6) is 0 Å². The standard InChI is InChI=1S/C19H28ClNO2/c1-13(2)18(22)9-7-5-6-8-15-10-16(20)12-17(11-15)21-19(23)14(3)4/h10-14H,5-9H2,1-4H3,(H,21,23). The first kappa shape index (κ1) is 19.7. The number of halogens is 1. The molecule has 0 heterocycles. The molecule has 0 saturated heterocycles. The lowest BCUT2D eigenvalue weighted by atomic mass is 10.0. The first-order valence-electron chi connectivity index (χ1n) is 8.42. The molecule has 1 rings (SSSR count). The second-order valence-corrected chi connectivity index (χ2v) is 7.11. The largest absolute Gasteiger partial charge is 0.326 e. The molecular formula is C19H28ClNO2. The lowest BCUT2D eigenvalue weighted by Gasteiger charge is -2.10. The Morgan fingerprint density at radius 3 is 2.30 bits per heavy atom. The second-order valence-electron chi connectivity index (χ2n) is 6.67. The molecule has 0 atom stereocenters. The minimum absolute atomic E-state index is 0.00888.